The molecule has 1 saturated heterocycles. The highest BCUT2D eigenvalue weighted by Crippen LogP contribution is 2.22. The number of carbonyl (C=O) groups is 1. The molecule has 2 aromatic heterocycles. The molecule has 1 fully saturated rings. The first kappa shape index (κ1) is 17.4. The zero-order valence-corrected chi connectivity index (χ0v) is 15.1. The summed E-state index contributed by atoms with van der Waals surface area (Å²) in [6.45, 7) is 2.51. The highest BCUT2D eigenvalue weighted by molar-refractivity contribution is 5.75. The van der Waals surface area contributed by atoms with Gasteiger partial charge in [0.05, 0.1) is 6.54 Å². The van der Waals surface area contributed by atoms with Crippen molar-refractivity contribution in [3.05, 3.63) is 54.1 Å². The molecule has 1 atom stereocenters. The molecule has 8 nitrogen and oxygen atoms in total. The highest BCUT2D eigenvalue weighted by Gasteiger charge is 2.20. The van der Waals surface area contributed by atoms with E-state index in [4.69, 9.17) is 0 Å². The molecule has 3 aromatic rings. The molecular weight excluding hydrogens is 342 g/mol. The number of H-pyrrole nitrogens is 1. The fraction of sp³-hybridized carbons (Fsp3) is 0.368. The third-order valence-electron chi connectivity index (χ3n) is 4.77. The van der Waals surface area contributed by atoms with E-state index < -0.39 is 0 Å². The lowest BCUT2D eigenvalue weighted by Crippen LogP contribution is -2.32. The van der Waals surface area contributed by atoms with Gasteiger partial charge in [-0.05, 0) is 25.5 Å². The molecule has 27 heavy (non-hydrogen) atoms. The molecule has 8 heteroatoms. The minimum absolute atomic E-state index is 0.0959. The third-order valence-corrected chi connectivity index (χ3v) is 4.77. The van der Waals surface area contributed by atoms with Crippen molar-refractivity contribution in [2.75, 3.05) is 13.1 Å². The van der Waals surface area contributed by atoms with Crippen molar-refractivity contribution in [2.45, 2.75) is 31.8 Å². The Hall–Kier alpha value is -3.00. The van der Waals surface area contributed by atoms with Crippen LogP contribution in [-0.2, 0) is 17.9 Å². The lowest BCUT2D eigenvalue weighted by molar-refractivity contribution is -0.122. The van der Waals surface area contributed by atoms with E-state index in [1.54, 1.807) is 10.9 Å². The topological polar surface area (TPSA) is 101 Å². The quantitative estimate of drug-likeness (QED) is 0.614. The van der Waals surface area contributed by atoms with Crippen molar-refractivity contribution in [3.8, 4) is 11.4 Å². The van der Waals surface area contributed by atoms with Gasteiger partial charge in [0, 0.05) is 29.9 Å². The van der Waals surface area contributed by atoms with Crippen LogP contribution in [-0.4, -0.2) is 44.0 Å². The van der Waals surface area contributed by atoms with Crippen molar-refractivity contribution in [1.82, 2.24) is 35.6 Å². The van der Waals surface area contributed by atoms with Crippen molar-refractivity contribution in [2.24, 2.45) is 0 Å². The van der Waals surface area contributed by atoms with Gasteiger partial charge in [-0.15, -0.1) is 0 Å². The molecule has 3 N–H and O–H groups in total. The van der Waals surface area contributed by atoms with Crippen LogP contribution in [0.15, 0.2) is 42.6 Å². The summed E-state index contributed by atoms with van der Waals surface area (Å²) in [6.07, 6.45) is 4.04. The third kappa shape index (κ3) is 4.22. The number of hydrogen-bond donors (Lipinski definition) is 3. The molecule has 0 unspecified atom stereocenters. The second-order valence-electron chi connectivity index (χ2n) is 6.71. The molecule has 0 bridgehead atoms. The fourth-order valence-electron chi connectivity index (χ4n) is 3.39. The average Bonchev–Trinajstić information content (AvgIpc) is 3.37. The second kappa shape index (κ2) is 8.13. The first-order chi connectivity index (χ1) is 13.3. The molecule has 1 aliphatic heterocycles. The van der Waals surface area contributed by atoms with Crippen LogP contribution in [0.3, 0.4) is 0 Å². The summed E-state index contributed by atoms with van der Waals surface area (Å²) < 4.78 is 1.79. The fourth-order valence-corrected chi connectivity index (χ4v) is 3.39. The lowest BCUT2D eigenvalue weighted by atomic mass is 9.96. The number of nitrogens with one attached hydrogen (secondary N) is 3. The molecule has 1 aliphatic rings. The van der Waals surface area contributed by atoms with Gasteiger partial charge in [-0.1, -0.05) is 30.3 Å². The Morgan fingerprint density at radius 1 is 1.26 bits per heavy atom. The standard InChI is InChI=1S/C19H23N7O/c27-18(13-26-16(8-10-22-26)15-7-4-9-20-11-15)21-12-17-23-19(25-24-17)14-5-2-1-3-6-14/h1-3,5-6,8,10,15,20H,4,7,9,11-13H2,(H,21,27)(H,23,24,25)/t15-/m0/s1. The Kier molecular flexibility index (Phi) is 5.24. The lowest BCUT2D eigenvalue weighted by Gasteiger charge is -2.23. The van der Waals surface area contributed by atoms with Crippen molar-refractivity contribution in [3.63, 3.8) is 0 Å². The van der Waals surface area contributed by atoms with E-state index in [0.29, 0.717) is 24.1 Å². The van der Waals surface area contributed by atoms with Crippen LogP contribution < -0.4 is 10.6 Å². The normalized spacial score (nSPS) is 17.0. The van der Waals surface area contributed by atoms with E-state index in [2.05, 4.69) is 30.9 Å². The van der Waals surface area contributed by atoms with E-state index in [0.717, 1.165) is 37.2 Å². The van der Waals surface area contributed by atoms with Crippen LogP contribution in [0.2, 0.25) is 0 Å². The molecule has 0 radical (unpaired) electrons. The van der Waals surface area contributed by atoms with Crippen LogP contribution in [0.25, 0.3) is 11.4 Å². The summed E-state index contributed by atoms with van der Waals surface area (Å²) in [4.78, 5) is 16.8. The van der Waals surface area contributed by atoms with Crippen LogP contribution in [0.4, 0.5) is 0 Å². The number of aromatic amines is 1. The Bertz CT molecular complexity index is 880. The van der Waals surface area contributed by atoms with Crippen LogP contribution in [0.5, 0.6) is 0 Å². The van der Waals surface area contributed by atoms with Gasteiger partial charge in [0.15, 0.2) is 5.82 Å². The maximum absolute atomic E-state index is 12.3. The zero-order valence-electron chi connectivity index (χ0n) is 15.1. The Morgan fingerprint density at radius 2 is 2.15 bits per heavy atom. The number of hydrogen-bond acceptors (Lipinski definition) is 5. The van der Waals surface area contributed by atoms with Crippen LogP contribution in [0.1, 0.15) is 30.3 Å². The first-order valence-electron chi connectivity index (χ1n) is 9.25. The summed E-state index contributed by atoms with van der Waals surface area (Å²) >= 11 is 0. The summed E-state index contributed by atoms with van der Waals surface area (Å²) in [6, 6.07) is 11.7. The van der Waals surface area contributed by atoms with E-state index in [1.165, 1.54) is 0 Å². The number of aromatic nitrogens is 5. The van der Waals surface area contributed by atoms with Crippen molar-refractivity contribution >= 4 is 5.91 Å². The molecule has 3 heterocycles. The molecule has 0 saturated carbocycles. The van der Waals surface area contributed by atoms with Crippen molar-refractivity contribution < 1.29 is 4.79 Å². The Morgan fingerprint density at radius 3 is 2.96 bits per heavy atom. The predicted molar refractivity (Wildman–Crippen MR) is 101 cm³/mol. The first-order valence-corrected chi connectivity index (χ1v) is 9.25. The van der Waals surface area contributed by atoms with E-state index in [-0.39, 0.29) is 12.5 Å². The molecule has 0 spiro atoms. The monoisotopic (exact) mass is 365 g/mol. The molecular formula is C19H23N7O. The number of benzene rings is 1. The number of carbonyl (C=O) groups excluding carboxylic acids is 1. The van der Waals surface area contributed by atoms with Crippen molar-refractivity contribution in [1.29, 1.82) is 0 Å². The number of nitrogens with zero attached hydrogens (tertiary/aromatic N) is 4. The van der Waals surface area contributed by atoms with Gasteiger partial charge in [-0.2, -0.15) is 10.2 Å². The molecule has 0 aliphatic carbocycles. The van der Waals surface area contributed by atoms with Gasteiger partial charge in [0.25, 0.3) is 0 Å². The minimum Gasteiger partial charge on any atom is -0.347 e. The number of piperidine rings is 1. The Balaban J connectivity index is 1.33. The number of amides is 1. The van der Waals surface area contributed by atoms with Gasteiger partial charge in [-0.25, -0.2) is 4.98 Å². The second-order valence-corrected chi connectivity index (χ2v) is 6.71. The minimum atomic E-state index is -0.0959. The predicted octanol–water partition coefficient (Wildman–Crippen LogP) is 1.45. The smallest absolute Gasteiger partial charge is 0.242 e. The average molecular weight is 365 g/mol. The van der Waals surface area contributed by atoms with Gasteiger partial charge < -0.3 is 10.6 Å². The largest absolute Gasteiger partial charge is 0.347 e. The van der Waals surface area contributed by atoms with Gasteiger partial charge >= 0.3 is 0 Å². The van der Waals surface area contributed by atoms with Gasteiger partial charge in [0.2, 0.25) is 5.91 Å². The molecule has 4 rings (SSSR count). The molecule has 1 amide bonds. The number of rotatable bonds is 6. The van der Waals surface area contributed by atoms with Gasteiger partial charge in [-0.3, -0.25) is 14.6 Å². The van der Waals surface area contributed by atoms with Crippen LogP contribution >= 0.6 is 0 Å². The maximum atomic E-state index is 12.3. The van der Waals surface area contributed by atoms with E-state index in [9.17, 15) is 4.79 Å². The van der Waals surface area contributed by atoms with Gasteiger partial charge in [0.1, 0.15) is 12.4 Å². The highest BCUT2D eigenvalue weighted by atomic mass is 16.2. The molecule has 1 aromatic carbocycles. The summed E-state index contributed by atoms with van der Waals surface area (Å²) in [5, 5.41) is 17.7. The SMILES string of the molecule is O=C(Cn1nccc1[C@H]1CCCNC1)NCc1nc(-c2ccccc2)n[nH]1. The summed E-state index contributed by atoms with van der Waals surface area (Å²) in [5.41, 5.74) is 2.05. The summed E-state index contributed by atoms with van der Waals surface area (Å²) in [7, 11) is 0. The van der Waals surface area contributed by atoms with E-state index >= 15 is 0 Å². The van der Waals surface area contributed by atoms with E-state index in [1.807, 2.05) is 36.4 Å². The van der Waals surface area contributed by atoms with Crippen LogP contribution in [0, 0.1) is 0 Å². The Labute approximate surface area is 157 Å². The summed E-state index contributed by atoms with van der Waals surface area (Å²) in [5.74, 6) is 1.57. The maximum Gasteiger partial charge on any atom is 0.242 e. The zero-order chi connectivity index (χ0) is 18.5. The molecule has 140 valence electrons.